The smallest absolute Gasteiger partial charge is 0.245 e. The second kappa shape index (κ2) is 9.65. The lowest BCUT2D eigenvalue weighted by Crippen LogP contribution is -2.41. The maximum atomic E-state index is 12.8. The van der Waals surface area contributed by atoms with E-state index in [4.69, 9.17) is 16.7 Å². The van der Waals surface area contributed by atoms with Crippen molar-refractivity contribution in [1.29, 1.82) is 0 Å². The molecule has 6 nitrogen and oxygen atoms in total. The van der Waals surface area contributed by atoms with Crippen LogP contribution < -0.4 is 5.32 Å². The molecule has 1 heterocycles. The molecule has 0 spiro atoms. The molecule has 0 saturated heterocycles. The molecule has 7 heteroatoms. The zero-order valence-corrected chi connectivity index (χ0v) is 19.8. The summed E-state index contributed by atoms with van der Waals surface area (Å²) >= 11 is 5.96. The number of nitrogens with one attached hydrogen (secondary N) is 1. The molecule has 2 rings (SSSR count). The van der Waals surface area contributed by atoms with Crippen molar-refractivity contribution < 1.29 is 9.59 Å². The number of rotatable bonds is 7. The topological polar surface area (TPSA) is 67.2 Å². The molecule has 2 amide bonds. The van der Waals surface area contributed by atoms with Gasteiger partial charge in [-0.05, 0) is 44.4 Å². The van der Waals surface area contributed by atoms with Crippen molar-refractivity contribution in [3.8, 4) is 5.69 Å². The number of benzene rings is 1. The standard InChI is InChI=1S/C23H33ClN4O2/c1-8-12-27(22(30)17(4)24)14-21(29)25-20-13-19(23(5,6)7)26-28(20)18-11-9-10-15(2)16(18)3/h9-11,13,17H,8,12,14H2,1-7H3,(H,25,29)/t17-/m0/s1. The Balaban J connectivity index is 2.38. The van der Waals surface area contributed by atoms with E-state index in [1.54, 1.807) is 11.6 Å². The maximum Gasteiger partial charge on any atom is 0.245 e. The third kappa shape index (κ3) is 5.63. The van der Waals surface area contributed by atoms with Crippen molar-refractivity contribution in [2.24, 2.45) is 0 Å². The Morgan fingerprint density at radius 2 is 1.93 bits per heavy atom. The van der Waals surface area contributed by atoms with E-state index in [2.05, 4.69) is 26.1 Å². The summed E-state index contributed by atoms with van der Waals surface area (Å²) in [6.07, 6.45) is 0.747. The maximum absolute atomic E-state index is 12.8. The monoisotopic (exact) mass is 432 g/mol. The number of aryl methyl sites for hydroxylation is 1. The van der Waals surface area contributed by atoms with Gasteiger partial charge in [-0.3, -0.25) is 9.59 Å². The summed E-state index contributed by atoms with van der Waals surface area (Å²) in [7, 11) is 0. The predicted molar refractivity (Wildman–Crippen MR) is 123 cm³/mol. The van der Waals surface area contributed by atoms with Crippen LogP contribution in [0.1, 0.15) is 57.9 Å². The zero-order valence-electron chi connectivity index (χ0n) is 19.0. The van der Waals surface area contributed by atoms with Gasteiger partial charge in [0.15, 0.2) is 0 Å². The van der Waals surface area contributed by atoms with Gasteiger partial charge >= 0.3 is 0 Å². The minimum absolute atomic E-state index is 0.0490. The lowest BCUT2D eigenvalue weighted by Gasteiger charge is -2.22. The molecule has 1 N–H and O–H groups in total. The van der Waals surface area contributed by atoms with Gasteiger partial charge in [-0.1, -0.05) is 39.8 Å². The molecule has 0 saturated carbocycles. The Morgan fingerprint density at radius 1 is 1.27 bits per heavy atom. The molecule has 0 fully saturated rings. The van der Waals surface area contributed by atoms with Crippen LogP contribution in [0, 0.1) is 13.8 Å². The first-order valence-corrected chi connectivity index (χ1v) is 10.8. The van der Waals surface area contributed by atoms with Crippen LogP contribution in [0.15, 0.2) is 24.3 Å². The highest BCUT2D eigenvalue weighted by atomic mass is 35.5. The van der Waals surface area contributed by atoms with E-state index in [1.807, 2.05) is 45.0 Å². The molecular weight excluding hydrogens is 400 g/mol. The number of carbonyl (C=O) groups is 2. The van der Waals surface area contributed by atoms with Gasteiger partial charge in [-0.15, -0.1) is 11.6 Å². The van der Waals surface area contributed by atoms with Crippen molar-refractivity contribution in [2.45, 2.75) is 65.7 Å². The van der Waals surface area contributed by atoms with Crippen LogP contribution in [0.3, 0.4) is 0 Å². The van der Waals surface area contributed by atoms with Gasteiger partial charge in [0.05, 0.1) is 17.9 Å². The van der Waals surface area contributed by atoms with E-state index in [0.29, 0.717) is 12.4 Å². The van der Waals surface area contributed by atoms with Gasteiger partial charge in [0.2, 0.25) is 11.8 Å². The van der Waals surface area contributed by atoms with Gasteiger partial charge in [0, 0.05) is 18.0 Å². The summed E-state index contributed by atoms with van der Waals surface area (Å²) in [5.41, 5.74) is 3.84. The largest absolute Gasteiger partial charge is 0.332 e. The third-order valence-electron chi connectivity index (χ3n) is 5.03. The Hall–Kier alpha value is -2.34. The molecule has 0 bridgehead atoms. The first-order valence-electron chi connectivity index (χ1n) is 10.4. The van der Waals surface area contributed by atoms with E-state index < -0.39 is 5.38 Å². The number of alkyl halides is 1. The van der Waals surface area contributed by atoms with Crippen molar-refractivity contribution >= 4 is 29.2 Å². The molecule has 0 aliphatic rings. The minimum atomic E-state index is -0.669. The Kier molecular flexibility index (Phi) is 7.70. The molecule has 0 aliphatic heterocycles. The SMILES string of the molecule is CCCN(CC(=O)Nc1cc(C(C)(C)C)nn1-c1cccc(C)c1C)C(=O)[C@H](C)Cl. The average Bonchev–Trinajstić information content (AvgIpc) is 3.06. The zero-order chi connectivity index (χ0) is 22.6. The summed E-state index contributed by atoms with van der Waals surface area (Å²) in [5.74, 6) is 0.0644. The Bertz CT molecular complexity index is 912. The quantitative estimate of drug-likeness (QED) is 0.650. The number of hydrogen-bond acceptors (Lipinski definition) is 3. The lowest BCUT2D eigenvalue weighted by molar-refractivity contribution is -0.134. The molecule has 0 aliphatic carbocycles. The average molecular weight is 433 g/mol. The van der Waals surface area contributed by atoms with Crippen molar-refractivity contribution in [3.63, 3.8) is 0 Å². The van der Waals surface area contributed by atoms with Gasteiger partial charge in [0.25, 0.3) is 0 Å². The fourth-order valence-corrected chi connectivity index (χ4v) is 3.27. The number of anilines is 1. The van der Waals surface area contributed by atoms with E-state index in [1.165, 1.54) is 4.90 Å². The molecule has 30 heavy (non-hydrogen) atoms. The van der Waals surface area contributed by atoms with Crippen LogP contribution in [0.5, 0.6) is 0 Å². The predicted octanol–water partition coefficient (Wildman–Crippen LogP) is 4.59. The Labute approximate surface area is 184 Å². The highest BCUT2D eigenvalue weighted by Crippen LogP contribution is 2.28. The van der Waals surface area contributed by atoms with Gasteiger partial charge in [-0.25, -0.2) is 4.68 Å². The molecule has 0 unspecified atom stereocenters. The molecule has 0 radical (unpaired) electrons. The van der Waals surface area contributed by atoms with E-state index in [0.717, 1.165) is 28.9 Å². The number of hydrogen-bond donors (Lipinski definition) is 1. The van der Waals surface area contributed by atoms with Gasteiger partial charge in [0.1, 0.15) is 11.2 Å². The van der Waals surface area contributed by atoms with Crippen molar-refractivity contribution in [2.75, 3.05) is 18.4 Å². The first-order chi connectivity index (χ1) is 14.0. The molecule has 164 valence electrons. The second-order valence-electron chi connectivity index (χ2n) is 8.72. The normalized spacial score (nSPS) is 12.5. The number of amides is 2. The molecule has 1 aromatic carbocycles. The number of halogens is 1. The molecule has 1 atom stereocenters. The number of aromatic nitrogens is 2. The lowest BCUT2D eigenvalue weighted by atomic mass is 9.92. The molecule has 1 aromatic heterocycles. The highest BCUT2D eigenvalue weighted by Gasteiger charge is 2.24. The summed E-state index contributed by atoms with van der Waals surface area (Å²) in [5, 5.41) is 7.07. The van der Waals surface area contributed by atoms with Gasteiger partial charge < -0.3 is 10.2 Å². The summed E-state index contributed by atoms with van der Waals surface area (Å²) in [4.78, 5) is 26.6. The summed E-state index contributed by atoms with van der Waals surface area (Å²) in [6, 6.07) is 7.91. The third-order valence-corrected chi connectivity index (χ3v) is 5.22. The van der Waals surface area contributed by atoms with Crippen LogP contribution >= 0.6 is 11.6 Å². The fraction of sp³-hybridized carbons (Fsp3) is 0.522. The minimum Gasteiger partial charge on any atom is -0.332 e. The van der Waals surface area contributed by atoms with Crippen molar-refractivity contribution in [1.82, 2.24) is 14.7 Å². The second-order valence-corrected chi connectivity index (χ2v) is 9.37. The van der Waals surface area contributed by atoms with Crippen LogP contribution in [0.25, 0.3) is 5.69 Å². The number of carbonyl (C=O) groups excluding carboxylic acids is 2. The highest BCUT2D eigenvalue weighted by molar-refractivity contribution is 6.30. The van der Waals surface area contributed by atoms with Crippen LogP contribution in [0.4, 0.5) is 5.82 Å². The summed E-state index contributed by atoms with van der Waals surface area (Å²) < 4.78 is 1.77. The van der Waals surface area contributed by atoms with Crippen molar-refractivity contribution in [3.05, 3.63) is 41.1 Å². The first kappa shape index (κ1) is 23.9. The fourth-order valence-electron chi connectivity index (χ4n) is 3.13. The van der Waals surface area contributed by atoms with E-state index in [-0.39, 0.29) is 23.8 Å². The number of nitrogens with zero attached hydrogens (tertiary/aromatic N) is 3. The van der Waals surface area contributed by atoms with E-state index >= 15 is 0 Å². The summed E-state index contributed by atoms with van der Waals surface area (Å²) in [6.45, 7) is 14.3. The van der Waals surface area contributed by atoms with Crippen LogP contribution in [-0.2, 0) is 15.0 Å². The molecule has 2 aromatic rings. The van der Waals surface area contributed by atoms with Gasteiger partial charge in [-0.2, -0.15) is 5.10 Å². The van der Waals surface area contributed by atoms with Crippen LogP contribution in [0.2, 0.25) is 0 Å². The Morgan fingerprint density at radius 3 is 2.50 bits per heavy atom. The van der Waals surface area contributed by atoms with Crippen LogP contribution in [-0.4, -0.2) is 45.0 Å². The molecular formula is C23H33ClN4O2. The van der Waals surface area contributed by atoms with E-state index in [9.17, 15) is 9.59 Å².